The Bertz CT molecular complexity index is 1080. The van der Waals surface area contributed by atoms with Crippen molar-refractivity contribution in [1.82, 2.24) is 15.8 Å². The summed E-state index contributed by atoms with van der Waals surface area (Å²) in [7, 11) is 1.47. The fraction of sp³-hybridized carbons (Fsp3) is 0.316. The monoisotopic (exact) mass is 450 g/mol. The van der Waals surface area contributed by atoms with Gasteiger partial charge in [0.1, 0.15) is 16.4 Å². The van der Waals surface area contributed by atoms with Crippen LogP contribution >= 0.6 is 22.7 Å². The van der Waals surface area contributed by atoms with Crippen LogP contribution in [-0.4, -0.2) is 50.2 Å². The number of ether oxygens (including phenoxy) is 2. The molecule has 1 aliphatic heterocycles. The Morgan fingerprint density at radius 1 is 1.27 bits per heavy atom. The number of anilines is 1. The van der Waals surface area contributed by atoms with Gasteiger partial charge in [0.05, 0.1) is 19.8 Å². The summed E-state index contributed by atoms with van der Waals surface area (Å²) in [6, 6.07) is 4.66. The summed E-state index contributed by atoms with van der Waals surface area (Å²) in [6.07, 6.45) is 0. The van der Waals surface area contributed by atoms with Gasteiger partial charge >= 0.3 is 0 Å². The van der Waals surface area contributed by atoms with Crippen molar-refractivity contribution in [3.05, 3.63) is 45.5 Å². The van der Waals surface area contributed by atoms with Crippen molar-refractivity contribution >= 4 is 49.7 Å². The number of aromatic nitrogens is 1. The number of amides is 2. The molecule has 4 rings (SSSR count). The number of carbonyl (C=O) groups is 2. The first kappa shape index (κ1) is 20.7. The number of morpholine rings is 1. The minimum atomic E-state index is -0.542. The molecule has 0 bridgehead atoms. The van der Waals surface area contributed by atoms with E-state index in [4.69, 9.17) is 9.47 Å². The number of fused-ring (bicyclic) bond motifs is 1. The lowest BCUT2D eigenvalue weighted by atomic mass is 10.1. The van der Waals surface area contributed by atoms with Crippen LogP contribution in [0.3, 0.4) is 0 Å². The van der Waals surface area contributed by atoms with Gasteiger partial charge in [-0.25, -0.2) is 9.37 Å². The van der Waals surface area contributed by atoms with Gasteiger partial charge in [0.15, 0.2) is 5.13 Å². The van der Waals surface area contributed by atoms with E-state index in [-0.39, 0.29) is 17.2 Å². The number of benzene rings is 1. The molecule has 1 saturated heterocycles. The molecule has 3 heterocycles. The first-order chi connectivity index (χ1) is 14.6. The van der Waals surface area contributed by atoms with Crippen LogP contribution in [0.2, 0.25) is 0 Å². The predicted octanol–water partition coefficient (Wildman–Crippen LogP) is 2.55. The molecular formula is C19H19FN4O4S2. The Morgan fingerprint density at radius 3 is 2.80 bits per heavy atom. The molecule has 2 amide bonds. The second-order valence-corrected chi connectivity index (χ2v) is 8.37. The lowest BCUT2D eigenvalue weighted by Crippen LogP contribution is -2.42. The van der Waals surface area contributed by atoms with E-state index in [1.54, 1.807) is 17.5 Å². The number of carbonyl (C=O) groups excluding carboxylic acids is 2. The van der Waals surface area contributed by atoms with Gasteiger partial charge in [-0.05, 0) is 12.1 Å². The van der Waals surface area contributed by atoms with E-state index >= 15 is 0 Å². The van der Waals surface area contributed by atoms with Gasteiger partial charge < -0.3 is 14.4 Å². The summed E-state index contributed by atoms with van der Waals surface area (Å²) in [4.78, 5) is 31.7. The van der Waals surface area contributed by atoms with E-state index in [9.17, 15) is 14.0 Å². The molecule has 2 aromatic heterocycles. The van der Waals surface area contributed by atoms with Crippen LogP contribution in [0.5, 0.6) is 0 Å². The zero-order valence-electron chi connectivity index (χ0n) is 16.1. The maximum absolute atomic E-state index is 14.3. The molecule has 0 spiro atoms. The number of hydrazine groups is 1. The van der Waals surface area contributed by atoms with E-state index in [0.717, 1.165) is 29.6 Å². The molecule has 8 nitrogen and oxygen atoms in total. The lowest BCUT2D eigenvalue weighted by molar-refractivity contribution is 0.0844. The van der Waals surface area contributed by atoms with Crippen molar-refractivity contribution in [3.8, 4) is 0 Å². The van der Waals surface area contributed by atoms with Crippen LogP contribution < -0.4 is 15.8 Å². The Labute approximate surface area is 179 Å². The molecule has 11 heteroatoms. The summed E-state index contributed by atoms with van der Waals surface area (Å²) < 4.78 is 25.4. The van der Waals surface area contributed by atoms with E-state index in [0.29, 0.717) is 28.9 Å². The number of methoxy groups -OCH3 is 1. The van der Waals surface area contributed by atoms with E-state index in [1.165, 1.54) is 24.5 Å². The van der Waals surface area contributed by atoms with Gasteiger partial charge in [-0.15, -0.1) is 22.7 Å². The molecular weight excluding hydrogens is 431 g/mol. The molecule has 0 atom stereocenters. The van der Waals surface area contributed by atoms with Crippen molar-refractivity contribution in [2.45, 2.75) is 6.61 Å². The number of hydrogen-bond donors (Lipinski definition) is 2. The van der Waals surface area contributed by atoms with Crippen molar-refractivity contribution in [1.29, 1.82) is 0 Å². The van der Waals surface area contributed by atoms with Crippen LogP contribution in [0, 0.1) is 5.82 Å². The molecule has 30 heavy (non-hydrogen) atoms. The predicted molar refractivity (Wildman–Crippen MR) is 113 cm³/mol. The van der Waals surface area contributed by atoms with E-state index in [2.05, 4.69) is 15.8 Å². The number of thiophene rings is 1. The Balaban J connectivity index is 1.46. The Morgan fingerprint density at radius 2 is 2.03 bits per heavy atom. The number of hydrogen-bond acceptors (Lipinski definition) is 8. The zero-order chi connectivity index (χ0) is 21.1. The van der Waals surface area contributed by atoms with Crippen molar-refractivity contribution in [2.75, 3.05) is 38.3 Å². The topological polar surface area (TPSA) is 92.8 Å². The third-order valence-corrected chi connectivity index (χ3v) is 6.65. The highest BCUT2D eigenvalue weighted by Crippen LogP contribution is 2.33. The minimum Gasteiger partial charge on any atom is -0.380 e. The summed E-state index contributed by atoms with van der Waals surface area (Å²) in [5.41, 5.74) is 5.43. The third kappa shape index (κ3) is 4.15. The average Bonchev–Trinajstić information content (AvgIpc) is 3.39. The maximum atomic E-state index is 14.3. The number of nitrogens with zero attached hydrogens (tertiary/aromatic N) is 2. The van der Waals surface area contributed by atoms with Gasteiger partial charge in [0, 0.05) is 41.2 Å². The Kier molecular flexibility index (Phi) is 6.23. The number of rotatable bonds is 5. The van der Waals surface area contributed by atoms with Crippen LogP contribution in [-0.2, 0) is 16.1 Å². The first-order valence-corrected chi connectivity index (χ1v) is 10.9. The molecule has 0 saturated carbocycles. The molecule has 1 aromatic carbocycles. The average molecular weight is 451 g/mol. The third-order valence-electron chi connectivity index (χ3n) is 4.55. The van der Waals surface area contributed by atoms with Gasteiger partial charge in [0.25, 0.3) is 11.8 Å². The fourth-order valence-electron chi connectivity index (χ4n) is 3.14. The maximum Gasteiger partial charge on any atom is 0.289 e. The van der Waals surface area contributed by atoms with Gasteiger partial charge in [-0.3, -0.25) is 20.4 Å². The van der Waals surface area contributed by atoms with Crippen LogP contribution in [0.25, 0.3) is 10.1 Å². The molecule has 158 valence electrons. The van der Waals surface area contributed by atoms with Gasteiger partial charge in [-0.1, -0.05) is 6.07 Å². The zero-order valence-corrected chi connectivity index (χ0v) is 17.7. The normalized spacial score (nSPS) is 14.1. The highest BCUT2D eigenvalue weighted by molar-refractivity contribution is 7.21. The largest absolute Gasteiger partial charge is 0.380 e. The fourth-order valence-corrected chi connectivity index (χ4v) is 5.11. The smallest absolute Gasteiger partial charge is 0.289 e. The molecule has 1 aliphatic rings. The minimum absolute atomic E-state index is 0.0760. The van der Waals surface area contributed by atoms with Crippen molar-refractivity contribution in [2.24, 2.45) is 0 Å². The molecule has 1 fully saturated rings. The number of halogens is 1. The Hall–Kier alpha value is -2.60. The highest BCUT2D eigenvalue weighted by atomic mass is 32.1. The van der Waals surface area contributed by atoms with E-state index < -0.39 is 17.6 Å². The molecule has 3 aromatic rings. The molecule has 0 unspecified atom stereocenters. The quantitative estimate of drug-likeness (QED) is 0.581. The van der Waals surface area contributed by atoms with Crippen LogP contribution in [0.15, 0.2) is 23.6 Å². The van der Waals surface area contributed by atoms with Gasteiger partial charge in [0.2, 0.25) is 0 Å². The second kappa shape index (κ2) is 9.04. The standard InChI is InChI=1S/C19H19FN4O4S2/c1-27-9-11-15-12(20)3-2-4-14(15)30-16(11)18(26)23-22-17(25)13-10-29-19(21-13)24-5-7-28-8-6-24/h2-4,10H,5-9H2,1H3,(H,22,25)(H,23,26). The summed E-state index contributed by atoms with van der Waals surface area (Å²) >= 11 is 2.50. The van der Waals surface area contributed by atoms with Crippen molar-refractivity contribution < 1.29 is 23.5 Å². The molecule has 2 N–H and O–H groups in total. The van der Waals surface area contributed by atoms with Crippen LogP contribution in [0.1, 0.15) is 25.7 Å². The number of thiazole rings is 1. The SMILES string of the molecule is COCc1c(C(=O)NNC(=O)c2csc(N3CCOCC3)n2)sc2cccc(F)c12. The first-order valence-electron chi connectivity index (χ1n) is 9.16. The van der Waals surface area contributed by atoms with Crippen molar-refractivity contribution in [3.63, 3.8) is 0 Å². The van der Waals surface area contributed by atoms with Gasteiger partial charge in [-0.2, -0.15) is 0 Å². The number of nitrogens with one attached hydrogen (secondary N) is 2. The summed E-state index contributed by atoms with van der Waals surface area (Å²) in [5, 5.41) is 2.73. The molecule has 0 radical (unpaired) electrons. The lowest BCUT2D eigenvalue weighted by Gasteiger charge is -2.25. The highest BCUT2D eigenvalue weighted by Gasteiger charge is 2.22. The van der Waals surface area contributed by atoms with E-state index in [1.807, 2.05) is 4.90 Å². The van der Waals surface area contributed by atoms with Crippen LogP contribution in [0.4, 0.5) is 9.52 Å². The summed E-state index contributed by atoms with van der Waals surface area (Å²) in [6.45, 7) is 2.76. The summed E-state index contributed by atoms with van der Waals surface area (Å²) in [5.74, 6) is -1.49. The molecule has 0 aliphatic carbocycles. The second-order valence-electron chi connectivity index (χ2n) is 6.48.